The summed E-state index contributed by atoms with van der Waals surface area (Å²) >= 11 is 0. The Hall–Kier alpha value is -2.30. The third-order valence-corrected chi connectivity index (χ3v) is 3.19. The minimum atomic E-state index is 0.375. The summed E-state index contributed by atoms with van der Waals surface area (Å²) in [5.41, 5.74) is 7.97. The number of aliphatic imine (C=N–C) groups is 1. The van der Waals surface area contributed by atoms with Crippen molar-refractivity contribution in [3.8, 4) is 0 Å². The molecule has 0 saturated heterocycles. The molecule has 0 spiro atoms. The van der Waals surface area contributed by atoms with Crippen molar-refractivity contribution in [3.05, 3.63) is 47.7 Å². The van der Waals surface area contributed by atoms with Crippen LogP contribution in [-0.4, -0.2) is 10.9 Å². The van der Waals surface area contributed by atoms with Crippen LogP contribution in [0.1, 0.15) is 36.0 Å². The molecule has 5 heteroatoms. The number of nitrogens with two attached hydrogens (primary N) is 1. The number of guanidine groups is 1. The third-order valence-electron chi connectivity index (χ3n) is 3.19. The molecule has 1 aromatic carbocycles. The van der Waals surface area contributed by atoms with E-state index in [0.717, 1.165) is 17.3 Å². The van der Waals surface area contributed by atoms with Crippen LogP contribution >= 0.6 is 0 Å². The second-order valence-corrected chi connectivity index (χ2v) is 5.14. The third kappa shape index (κ3) is 3.17. The van der Waals surface area contributed by atoms with Crippen LogP contribution in [0.2, 0.25) is 0 Å². The quantitative estimate of drug-likeness (QED) is 0.661. The molecular formula is C15H18N4O. The average Bonchev–Trinajstić information content (AvgIpc) is 3.16. The number of aryl methyl sites for hydroxylation is 1. The van der Waals surface area contributed by atoms with Crippen LogP contribution in [0.25, 0.3) is 0 Å². The van der Waals surface area contributed by atoms with Crippen molar-refractivity contribution in [1.82, 2.24) is 4.98 Å². The van der Waals surface area contributed by atoms with Gasteiger partial charge in [0, 0.05) is 11.6 Å². The Morgan fingerprint density at radius 1 is 1.50 bits per heavy atom. The molecule has 3 N–H and O–H groups in total. The van der Waals surface area contributed by atoms with Gasteiger partial charge in [-0.05, 0) is 37.5 Å². The Bertz CT molecular complexity index is 628. The lowest BCUT2D eigenvalue weighted by Crippen LogP contribution is -2.22. The molecule has 0 unspecified atom stereocenters. The molecule has 0 aliphatic heterocycles. The van der Waals surface area contributed by atoms with E-state index in [1.54, 1.807) is 6.20 Å². The minimum Gasteiger partial charge on any atom is -0.443 e. The van der Waals surface area contributed by atoms with E-state index in [-0.39, 0.29) is 0 Å². The molecular weight excluding hydrogens is 252 g/mol. The van der Waals surface area contributed by atoms with Gasteiger partial charge in [-0.25, -0.2) is 9.98 Å². The van der Waals surface area contributed by atoms with Crippen molar-refractivity contribution in [2.75, 3.05) is 5.32 Å². The van der Waals surface area contributed by atoms with Gasteiger partial charge >= 0.3 is 0 Å². The highest BCUT2D eigenvalue weighted by Gasteiger charge is 2.28. The smallest absolute Gasteiger partial charge is 0.197 e. The minimum absolute atomic E-state index is 0.375. The second-order valence-electron chi connectivity index (χ2n) is 5.14. The number of oxazole rings is 1. The van der Waals surface area contributed by atoms with Gasteiger partial charge in [0.15, 0.2) is 11.9 Å². The summed E-state index contributed by atoms with van der Waals surface area (Å²) in [4.78, 5) is 8.52. The van der Waals surface area contributed by atoms with E-state index in [4.69, 9.17) is 10.2 Å². The van der Waals surface area contributed by atoms with Gasteiger partial charge in [0.05, 0.1) is 6.20 Å². The lowest BCUT2D eigenvalue weighted by molar-refractivity contribution is 0.458. The highest BCUT2D eigenvalue weighted by Crippen LogP contribution is 2.39. The first kappa shape index (κ1) is 12.7. The van der Waals surface area contributed by atoms with Gasteiger partial charge in [-0.2, -0.15) is 0 Å². The highest BCUT2D eigenvalue weighted by molar-refractivity contribution is 5.92. The largest absolute Gasteiger partial charge is 0.443 e. The van der Waals surface area contributed by atoms with Gasteiger partial charge in [-0.1, -0.05) is 12.1 Å². The van der Waals surface area contributed by atoms with Crippen molar-refractivity contribution >= 4 is 11.6 Å². The maximum absolute atomic E-state index is 5.86. The van der Waals surface area contributed by atoms with Gasteiger partial charge in [0.1, 0.15) is 12.3 Å². The Labute approximate surface area is 117 Å². The van der Waals surface area contributed by atoms with Gasteiger partial charge in [0.25, 0.3) is 0 Å². The van der Waals surface area contributed by atoms with E-state index < -0.39 is 0 Å². The van der Waals surface area contributed by atoms with Gasteiger partial charge in [-0.3, -0.25) is 0 Å². The van der Waals surface area contributed by atoms with Crippen LogP contribution in [-0.2, 0) is 6.54 Å². The van der Waals surface area contributed by atoms with Crippen LogP contribution in [0.5, 0.6) is 0 Å². The van der Waals surface area contributed by atoms with E-state index in [1.807, 2.05) is 31.2 Å². The fourth-order valence-corrected chi connectivity index (χ4v) is 1.99. The van der Waals surface area contributed by atoms with Crippen LogP contribution in [0.15, 0.2) is 39.9 Å². The molecule has 0 amide bonds. The molecule has 1 saturated carbocycles. The lowest BCUT2D eigenvalue weighted by Gasteiger charge is -2.05. The molecule has 0 bridgehead atoms. The highest BCUT2D eigenvalue weighted by atomic mass is 16.4. The Morgan fingerprint density at radius 3 is 3.10 bits per heavy atom. The summed E-state index contributed by atoms with van der Waals surface area (Å²) in [6.45, 7) is 2.44. The average molecular weight is 270 g/mol. The van der Waals surface area contributed by atoms with Crippen molar-refractivity contribution in [2.24, 2.45) is 10.7 Å². The number of anilines is 1. The number of nitrogens with one attached hydrogen (secondary N) is 1. The molecule has 1 fully saturated rings. The standard InChI is InChI=1S/C15H18N4O/c1-10-3-2-4-12(7-10)19-15(16)18-9-13-8-17-14(20-13)11-5-6-11/h2-4,7-8,11H,5-6,9H2,1H3,(H3,16,18,19). The van der Waals surface area contributed by atoms with E-state index in [2.05, 4.69) is 15.3 Å². The first-order valence-electron chi connectivity index (χ1n) is 6.79. The summed E-state index contributed by atoms with van der Waals surface area (Å²) in [5.74, 6) is 2.48. The summed E-state index contributed by atoms with van der Waals surface area (Å²) in [7, 11) is 0. The lowest BCUT2D eigenvalue weighted by atomic mass is 10.2. The molecule has 1 heterocycles. The molecule has 1 aromatic heterocycles. The number of benzene rings is 1. The van der Waals surface area contributed by atoms with Crippen LogP contribution in [0.4, 0.5) is 5.69 Å². The van der Waals surface area contributed by atoms with E-state index in [0.29, 0.717) is 18.4 Å². The van der Waals surface area contributed by atoms with Gasteiger partial charge < -0.3 is 15.5 Å². The van der Waals surface area contributed by atoms with Crippen molar-refractivity contribution in [2.45, 2.75) is 32.2 Å². The first-order chi connectivity index (χ1) is 9.70. The number of aromatic nitrogens is 1. The van der Waals surface area contributed by atoms with Crippen molar-refractivity contribution in [3.63, 3.8) is 0 Å². The predicted octanol–water partition coefficient (Wildman–Crippen LogP) is 2.79. The van der Waals surface area contributed by atoms with E-state index in [1.165, 1.54) is 18.4 Å². The Morgan fingerprint density at radius 2 is 2.35 bits per heavy atom. The Balaban J connectivity index is 1.59. The molecule has 20 heavy (non-hydrogen) atoms. The maximum Gasteiger partial charge on any atom is 0.197 e. The predicted molar refractivity (Wildman–Crippen MR) is 78.6 cm³/mol. The van der Waals surface area contributed by atoms with Crippen molar-refractivity contribution in [1.29, 1.82) is 0 Å². The zero-order chi connectivity index (χ0) is 13.9. The normalized spacial score (nSPS) is 15.3. The maximum atomic E-state index is 5.86. The fourth-order valence-electron chi connectivity index (χ4n) is 1.99. The molecule has 2 aromatic rings. The van der Waals surface area contributed by atoms with E-state index >= 15 is 0 Å². The summed E-state index contributed by atoms with van der Waals surface area (Å²) in [6.07, 6.45) is 4.09. The number of hydrogen-bond acceptors (Lipinski definition) is 3. The first-order valence-corrected chi connectivity index (χ1v) is 6.79. The SMILES string of the molecule is Cc1cccc(NC(N)=NCc2cnc(C3CC3)o2)c1. The van der Waals surface area contributed by atoms with Gasteiger partial charge in [0.2, 0.25) is 0 Å². The summed E-state index contributed by atoms with van der Waals surface area (Å²) in [5, 5.41) is 3.06. The van der Waals surface area contributed by atoms with E-state index in [9.17, 15) is 0 Å². The summed E-state index contributed by atoms with van der Waals surface area (Å²) < 4.78 is 5.63. The number of nitrogens with zero attached hydrogens (tertiary/aromatic N) is 2. The number of rotatable bonds is 4. The van der Waals surface area contributed by atoms with Crippen LogP contribution in [0.3, 0.4) is 0 Å². The molecule has 1 aliphatic carbocycles. The second kappa shape index (κ2) is 5.36. The monoisotopic (exact) mass is 270 g/mol. The van der Waals surface area contributed by atoms with Gasteiger partial charge in [-0.15, -0.1) is 0 Å². The molecule has 104 valence electrons. The molecule has 1 aliphatic rings. The van der Waals surface area contributed by atoms with Crippen LogP contribution in [0, 0.1) is 6.92 Å². The Kier molecular flexibility index (Phi) is 3.41. The molecule has 0 radical (unpaired) electrons. The zero-order valence-corrected chi connectivity index (χ0v) is 11.5. The molecule has 3 rings (SSSR count). The zero-order valence-electron chi connectivity index (χ0n) is 11.5. The fraction of sp³-hybridized carbons (Fsp3) is 0.333. The summed E-state index contributed by atoms with van der Waals surface area (Å²) in [6, 6.07) is 7.98. The van der Waals surface area contributed by atoms with Crippen molar-refractivity contribution < 1.29 is 4.42 Å². The topological polar surface area (TPSA) is 76.4 Å². The molecule has 0 atom stereocenters. The van der Waals surface area contributed by atoms with Crippen LogP contribution < -0.4 is 11.1 Å². The molecule has 5 nitrogen and oxygen atoms in total. The number of hydrogen-bond donors (Lipinski definition) is 2.